The molecule has 1 aromatic rings. The minimum atomic E-state index is -1.37. The van der Waals surface area contributed by atoms with Crippen molar-refractivity contribution in [3.05, 3.63) is 35.9 Å². The molecule has 0 aliphatic heterocycles. The molecule has 0 saturated carbocycles. The Kier molecular flexibility index (Phi) is 5.11. The van der Waals surface area contributed by atoms with E-state index in [1.165, 1.54) is 6.92 Å². The van der Waals surface area contributed by atoms with E-state index in [4.69, 9.17) is 4.74 Å². The van der Waals surface area contributed by atoms with Crippen molar-refractivity contribution in [2.45, 2.75) is 25.7 Å². The van der Waals surface area contributed by atoms with Gasteiger partial charge in [-0.1, -0.05) is 30.3 Å². The number of Topliss-reactive ketones (excluding diaryl/α,β-unsaturated/α-hetero) is 1. The third-order valence-corrected chi connectivity index (χ3v) is 2.18. The lowest BCUT2D eigenvalue weighted by Gasteiger charge is -2.15. The Morgan fingerprint density at radius 2 is 1.94 bits per heavy atom. The van der Waals surface area contributed by atoms with Crippen LogP contribution in [0.25, 0.3) is 0 Å². The highest BCUT2D eigenvalue weighted by atomic mass is 16.5. The summed E-state index contributed by atoms with van der Waals surface area (Å²) in [6.07, 6.45) is -2.53. The van der Waals surface area contributed by atoms with Gasteiger partial charge in [-0.3, -0.25) is 4.79 Å². The molecule has 0 heterocycles. The van der Waals surface area contributed by atoms with Gasteiger partial charge in [-0.05, 0) is 12.5 Å². The molecule has 0 radical (unpaired) electrons. The second-order valence-electron chi connectivity index (χ2n) is 3.62. The van der Waals surface area contributed by atoms with E-state index in [2.05, 4.69) is 0 Å². The highest BCUT2D eigenvalue weighted by Gasteiger charge is 2.20. The Balaban J connectivity index is 2.28. The van der Waals surface area contributed by atoms with Crippen LogP contribution in [0.2, 0.25) is 0 Å². The summed E-state index contributed by atoms with van der Waals surface area (Å²) in [6, 6.07) is 9.47. The third kappa shape index (κ3) is 4.10. The van der Waals surface area contributed by atoms with Gasteiger partial charge in [0.15, 0.2) is 5.78 Å². The van der Waals surface area contributed by atoms with Crippen molar-refractivity contribution in [2.75, 3.05) is 6.61 Å². The van der Waals surface area contributed by atoms with Gasteiger partial charge in [0.1, 0.15) is 12.2 Å². The molecule has 2 atom stereocenters. The number of aliphatic hydroxyl groups is 2. The van der Waals surface area contributed by atoms with Crippen molar-refractivity contribution < 1.29 is 19.7 Å². The third-order valence-electron chi connectivity index (χ3n) is 2.18. The Bertz CT molecular complexity index is 323. The molecule has 0 aliphatic rings. The zero-order chi connectivity index (χ0) is 12.0. The van der Waals surface area contributed by atoms with Crippen LogP contribution in [0.4, 0.5) is 0 Å². The predicted octanol–water partition coefficient (Wildman–Crippen LogP) is 0.514. The first kappa shape index (κ1) is 12.8. The molecule has 0 aromatic heterocycles. The first-order chi connectivity index (χ1) is 7.61. The summed E-state index contributed by atoms with van der Waals surface area (Å²) in [5, 5.41) is 18.6. The predicted molar refractivity (Wildman–Crippen MR) is 58.8 cm³/mol. The summed E-state index contributed by atoms with van der Waals surface area (Å²) in [6.45, 7) is 1.52. The lowest BCUT2D eigenvalue weighted by Crippen LogP contribution is -2.35. The molecule has 1 rings (SSSR count). The van der Waals surface area contributed by atoms with E-state index < -0.39 is 18.0 Å². The van der Waals surface area contributed by atoms with Crippen LogP contribution in [0.1, 0.15) is 12.5 Å². The van der Waals surface area contributed by atoms with Gasteiger partial charge in [-0.25, -0.2) is 0 Å². The van der Waals surface area contributed by atoms with E-state index in [0.717, 1.165) is 5.56 Å². The van der Waals surface area contributed by atoms with Crippen LogP contribution in [0.5, 0.6) is 0 Å². The molecule has 1 aromatic carbocycles. The molecule has 4 nitrogen and oxygen atoms in total. The van der Waals surface area contributed by atoms with Crippen molar-refractivity contribution in [1.29, 1.82) is 0 Å². The van der Waals surface area contributed by atoms with Gasteiger partial charge in [0.2, 0.25) is 0 Å². The van der Waals surface area contributed by atoms with Gasteiger partial charge in [-0.15, -0.1) is 0 Å². The topological polar surface area (TPSA) is 66.8 Å². The number of rotatable bonds is 6. The van der Waals surface area contributed by atoms with Gasteiger partial charge in [0.25, 0.3) is 0 Å². The maximum absolute atomic E-state index is 10.8. The van der Waals surface area contributed by atoms with E-state index in [-0.39, 0.29) is 6.61 Å². The smallest absolute Gasteiger partial charge is 0.160 e. The number of ether oxygens (including phenoxy) is 1. The number of hydrogen-bond acceptors (Lipinski definition) is 4. The SMILES string of the molecule is CC(=O)[C@@H](O)[C@H](O)COCc1ccccc1. The summed E-state index contributed by atoms with van der Waals surface area (Å²) in [4.78, 5) is 10.8. The number of carbonyl (C=O) groups excluding carboxylic acids is 1. The largest absolute Gasteiger partial charge is 0.388 e. The zero-order valence-corrected chi connectivity index (χ0v) is 9.17. The normalized spacial score (nSPS) is 14.4. The fourth-order valence-corrected chi connectivity index (χ4v) is 1.23. The maximum atomic E-state index is 10.8. The van der Waals surface area contributed by atoms with Crippen LogP contribution in [0.3, 0.4) is 0 Å². The van der Waals surface area contributed by atoms with Gasteiger partial charge < -0.3 is 14.9 Å². The standard InChI is InChI=1S/C12H16O4/c1-9(13)12(15)11(14)8-16-7-10-5-3-2-4-6-10/h2-6,11-12,14-15H,7-8H2,1H3/t11-,12-/m1/s1. The fourth-order valence-electron chi connectivity index (χ4n) is 1.23. The molecule has 0 fully saturated rings. The molecular formula is C12H16O4. The maximum Gasteiger partial charge on any atom is 0.160 e. The van der Waals surface area contributed by atoms with E-state index in [1.54, 1.807) is 0 Å². The van der Waals surface area contributed by atoms with Gasteiger partial charge in [0.05, 0.1) is 13.2 Å². The minimum absolute atomic E-state index is 0.0599. The molecule has 0 spiro atoms. The molecule has 88 valence electrons. The van der Waals surface area contributed by atoms with Crippen LogP contribution in [0, 0.1) is 0 Å². The van der Waals surface area contributed by atoms with Crippen LogP contribution < -0.4 is 0 Å². The van der Waals surface area contributed by atoms with Gasteiger partial charge >= 0.3 is 0 Å². The first-order valence-corrected chi connectivity index (χ1v) is 5.09. The lowest BCUT2D eigenvalue weighted by molar-refractivity contribution is -0.133. The highest BCUT2D eigenvalue weighted by molar-refractivity contribution is 5.80. The second kappa shape index (κ2) is 6.37. The van der Waals surface area contributed by atoms with Crippen molar-refractivity contribution in [3.8, 4) is 0 Å². The average molecular weight is 224 g/mol. The summed E-state index contributed by atoms with van der Waals surface area (Å²) in [5.74, 6) is -0.462. The molecule has 16 heavy (non-hydrogen) atoms. The monoisotopic (exact) mass is 224 g/mol. The number of hydrogen-bond donors (Lipinski definition) is 2. The zero-order valence-electron chi connectivity index (χ0n) is 9.17. The Morgan fingerprint density at radius 1 is 1.31 bits per heavy atom. The number of carbonyl (C=O) groups is 1. The number of benzene rings is 1. The van der Waals surface area contributed by atoms with Crippen molar-refractivity contribution in [1.82, 2.24) is 0 Å². The highest BCUT2D eigenvalue weighted by Crippen LogP contribution is 2.02. The van der Waals surface area contributed by atoms with Crippen molar-refractivity contribution >= 4 is 5.78 Å². The van der Waals surface area contributed by atoms with Crippen LogP contribution >= 0.6 is 0 Å². The molecule has 0 amide bonds. The molecule has 2 N–H and O–H groups in total. The minimum Gasteiger partial charge on any atom is -0.388 e. The number of ketones is 1. The van der Waals surface area contributed by atoms with Crippen molar-refractivity contribution in [2.24, 2.45) is 0 Å². The number of aliphatic hydroxyl groups excluding tert-OH is 2. The summed E-state index contributed by atoms with van der Waals surface area (Å²) < 4.78 is 5.19. The lowest BCUT2D eigenvalue weighted by atomic mass is 10.1. The molecule has 0 unspecified atom stereocenters. The van der Waals surface area contributed by atoms with E-state index in [9.17, 15) is 15.0 Å². The molecule has 0 aliphatic carbocycles. The Morgan fingerprint density at radius 3 is 2.50 bits per heavy atom. The second-order valence-corrected chi connectivity index (χ2v) is 3.62. The summed E-state index contributed by atoms with van der Waals surface area (Å²) in [5.41, 5.74) is 0.979. The van der Waals surface area contributed by atoms with Crippen LogP contribution in [-0.2, 0) is 16.1 Å². The van der Waals surface area contributed by atoms with Gasteiger partial charge in [0, 0.05) is 0 Å². The molecule has 4 heteroatoms. The van der Waals surface area contributed by atoms with Crippen molar-refractivity contribution in [3.63, 3.8) is 0 Å². The van der Waals surface area contributed by atoms with Crippen LogP contribution in [-0.4, -0.2) is 34.8 Å². The van der Waals surface area contributed by atoms with E-state index >= 15 is 0 Å². The Hall–Kier alpha value is -1.23. The van der Waals surface area contributed by atoms with E-state index in [1.807, 2.05) is 30.3 Å². The first-order valence-electron chi connectivity index (χ1n) is 5.09. The average Bonchev–Trinajstić information content (AvgIpc) is 2.29. The molecule has 0 saturated heterocycles. The summed E-state index contributed by atoms with van der Waals surface area (Å²) >= 11 is 0. The van der Waals surface area contributed by atoms with Gasteiger partial charge in [-0.2, -0.15) is 0 Å². The quantitative estimate of drug-likeness (QED) is 0.739. The molecule has 0 bridgehead atoms. The van der Waals surface area contributed by atoms with Crippen LogP contribution in [0.15, 0.2) is 30.3 Å². The molecular weight excluding hydrogens is 208 g/mol. The fraction of sp³-hybridized carbons (Fsp3) is 0.417. The summed E-state index contributed by atoms with van der Waals surface area (Å²) in [7, 11) is 0. The Labute approximate surface area is 94.5 Å². The van der Waals surface area contributed by atoms with E-state index in [0.29, 0.717) is 6.61 Å².